The average Bonchev–Trinajstić information content (AvgIpc) is 2.67. The third-order valence-electron chi connectivity index (χ3n) is 4.93. The first-order valence-corrected chi connectivity index (χ1v) is 9.87. The van der Waals surface area contributed by atoms with E-state index in [4.69, 9.17) is 11.6 Å². The molecule has 0 aliphatic carbocycles. The molecule has 2 amide bonds. The van der Waals surface area contributed by atoms with Crippen molar-refractivity contribution in [3.63, 3.8) is 0 Å². The number of aryl methyl sites for hydroxylation is 1. The number of piperidine rings is 1. The van der Waals surface area contributed by atoms with Gasteiger partial charge in [0.1, 0.15) is 5.75 Å². The molecule has 29 heavy (non-hydrogen) atoms. The molecule has 0 radical (unpaired) electrons. The van der Waals surface area contributed by atoms with Crippen LogP contribution < -0.4 is 15.4 Å². The van der Waals surface area contributed by atoms with Gasteiger partial charge in [-0.1, -0.05) is 35.9 Å². The Morgan fingerprint density at radius 2 is 1.90 bits per heavy atom. The minimum absolute atomic E-state index is 0.0277. The van der Waals surface area contributed by atoms with E-state index in [1.54, 1.807) is 19.1 Å². The average molecular weight is 424 g/mol. The molecule has 2 aromatic rings. The second kappa shape index (κ2) is 9.89. The Morgan fingerprint density at radius 3 is 2.55 bits per heavy atom. The summed E-state index contributed by atoms with van der Waals surface area (Å²) in [5.74, 6) is -0.0482. The van der Waals surface area contributed by atoms with Crippen molar-refractivity contribution in [2.75, 3.05) is 18.4 Å². The number of urea groups is 1. The third kappa shape index (κ3) is 6.30. The van der Waals surface area contributed by atoms with Crippen LogP contribution in [0.1, 0.15) is 24.0 Å². The molecule has 1 aliphatic heterocycles. The number of anilines is 1. The lowest BCUT2D eigenvalue weighted by atomic mass is 10.0. The van der Waals surface area contributed by atoms with Crippen LogP contribution in [0.5, 0.6) is 5.75 Å². The predicted octanol–water partition coefficient (Wildman–Crippen LogP) is 5.04. The first-order chi connectivity index (χ1) is 13.9. The number of hydrogen-bond acceptors (Lipinski definition) is 3. The fourth-order valence-electron chi connectivity index (χ4n) is 3.41. The van der Waals surface area contributed by atoms with Gasteiger partial charge in [-0.15, -0.1) is 0 Å². The van der Waals surface area contributed by atoms with Gasteiger partial charge in [0, 0.05) is 30.7 Å². The van der Waals surface area contributed by atoms with Crippen LogP contribution in [0.25, 0.3) is 0 Å². The van der Waals surface area contributed by atoms with Gasteiger partial charge in [0.05, 0.1) is 5.69 Å². The number of rotatable bonds is 6. The summed E-state index contributed by atoms with van der Waals surface area (Å²) in [6, 6.07) is 12.1. The normalized spacial score (nSPS) is 15.3. The molecule has 1 heterocycles. The zero-order valence-electron chi connectivity index (χ0n) is 16.1. The first-order valence-electron chi connectivity index (χ1n) is 9.49. The summed E-state index contributed by atoms with van der Waals surface area (Å²) < 4.78 is 29.7. The molecule has 3 rings (SSSR count). The second-order valence-electron chi connectivity index (χ2n) is 7.10. The minimum Gasteiger partial charge on any atom is -0.433 e. The number of benzene rings is 2. The summed E-state index contributed by atoms with van der Waals surface area (Å²) in [5.41, 5.74) is 2.10. The van der Waals surface area contributed by atoms with Crippen LogP contribution in [0.4, 0.5) is 19.3 Å². The Bertz CT molecular complexity index is 825. The van der Waals surface area contributed by atoms with Crippen molar-refractivity contribution in [2.45, 2.75) is 39.0 Å². The van der Waals surface area contributed by atoms with E-state index in [-0.39, 0.29) is 17.5 Å². The van der Waals surface area contributed by atoms with Crippen molar-refractivity contribution in [3.05, 3.63) is 58.6 Å². The highest BCUT2D eigenvalue weighted by Crippen LogP contribution is 2.29. The number of nitrogens with zero attached hydrogens (tertiary/aromatic N) is 1. The lowest BCUT2D eigenvalue weighted by molar-refractivity contribution is -0.0493. The maximum atomic E-state index is 12.6. The molecular weight excluding hydrogens is 400 g/mol. The van der Waals surface area contributed by atoms with Crippen molar-refractivity contribution in [3.8, 4) is 5.75 Å². The molecule has 5 nitrogen and oxygen atoms in total. The van der Waals surface area contributed by atoms with Crippen LogP contribution >= 0.6 is 11.6 Å². The van der Waals surface area contributed by atoms with Crippen LogP contribution in [0.15, 0.2) is 42.5 Å². The van der Waals surface area contributed by atoms with Crippen molar-refractivity contribution in [1.29, 1.82) is 0 Å². The van der Waals surface area contributed by atoms with Crippen molar-refractivity contribution >= 4 is 23.3 Å². The lowest BCUT2D eigenvalue weighted by Gasteiger charge is -2.32. The number of nitrogens with one attached hydrogen (secondary N) is 2. The number of alkyl halides is 2. The van der Waals surface area contributed by atoms with Crippen molar-refractivity contribution in [2.24, 2.45) is 0 Å². The molecule has 1 aliphatic rings. The zero-order valence-corrected chi connectivity index (χ0v) is 16.9. The molecule has 0 bridgehead atoms. The van der Waals surface area contributed by atoms with Gasteiger partial charge in [-0.25, -0.2) is 4.79 Å². The Balaban J connectivity index is 1.49. The number of likely N-dealkylation sites (tertiary alicyclic amines) is 1. The van der Waals surface area contributed by atoms with E-state index >= 15 is 0 Å². The topological polar surface area (TPSA) is 53.6 Å². The summed E-state index contributed by atoms with van der Waals surface area (Å²) in [5, 5.41) is 6.30. The summed E-state index contributed by atoms with van der Waals surface area (Å²) in [7, 11) is 0. The molecule has 0 atom stereocenters. The van der Waals surface area contributed by atoms with E-state index in [1.807, 2.05) is 24.3 Å². The largest absolute Gasteiger partial charge is 0.433 e. The lowest BCUT2D eigenvalue weighted by Crippen LogP contribution is -2.45. The number of carbonyl (C=O) groups excluding carboxylic acids is 1. The summed E-state index contributed by atoms with van der Waals surface area (Å²) in [6.07, 6.45) is 1.63. The Labute approximate surface area is 174 Å². The highest BCUT2D eigenvalue weighted by molar-refractivity contribution is 6.30. The number of hydrogen-bond donors (Lipinski definition) is 2. The summed E-state index contributed by atoms with van der Waals surface area (Å²) in [4.78, 5) is 14.7. The molecule has 8 heteroatoms. The SMILES string of the molecule is Cc1cccc(OC(F)F)c1NC(=O)NC1CCN(Cc2ccc(Cl)cc2)CC1. The quantitative estimate of drug-likeness (QED) is 0.684. The standard InChI is InChI=1S/C21H24ClF2N3O2/c1-14-3-2-4-18(29-20(23)24)19(14)26-21(28)25-17-9-11-27(12-10-17)13-15-5-7-16(22)8-6-15/h2-8,17,20H,9-13H2,1H3,(H2,25,26,28). The van der Waals surface area contributed by atoms with Gasteiger partial charge in [-0.05, 0) is 49.1 Å². The summed E-state index contributed by atoms with van der Waals surface area (Å²) in [6.45, 7) is 1.33. The smallest absolute Gasteiger partial charge is 0.387 e. The monoisotopic (exact) mass is 423 g/mol. The number of halogens is 3. The molecule has 0 unspecified atom stereocenters. The van der Waals surface area contributed by atoms with Crippen LogP contribution in [0.2, 0.25) is 5.02 Å². The molecule has 2 N–H and O–H groups in total. The van der Waals surface area contributed by atoms with Crippen LogP contribution in [-0.2, 0) is 6.54 Å². The minimum atomic E-state index is -2.95. The van der Waals surface area contributed by atoms with Gasteiger partial charge >= 0.3 is 12.6 Å². The van der Waals surface area contributed by atoms with Crippen molar-refractivity contribution in [1.82, 2.24) is 10.2 Å². The van der Waals surface area contributed by atoms with E-state index in [9.17, 15) is 13.6 Å². The van der Waals surface area contributed by atoms with Gasteiger partial charge in [-0.2, -0.15) is 8.78 Å². The van der Waals surface area contributed by atoms with Gasteiger partial charge in [0.25, 0.3) is 0 Å². The Hall–Kier alpha value is -2.38. The van der Waals surface area contributed by atoms with Crippen LogP contribution in [-0.4, -0.2) is 36.7 Å². The van der Waals surface area contributed by atoms with E-state index < -0.39 is 12.6 Å². The van der Waals surface area contributed by atoms with Gasteiger partial charge in [0.2, 0.25) is 0 Å². The highest BCUT2D eigenvalue weighted by Gasteiger charge is 2.22. The Morgan fingerprint density at radius 1 is 1.21 bits per heavy atom. The molecule has 2 aromatic carbocycles. The van der Waals surface area contributed by atoms with Crippen LogP contribution in [0, 0.1) is 6.92 Å². The molecule has 0 saturated carbocycles. The second-order valence-corrected chi connectivity index (χ2v) is 7.54. The molecule has 0 aromatic heterocycles. The van der Waals surface area contributed by atoms with Gasteiger partial charge in [-0.3, -0.25) is 4.90 Å². The van der Waals surface area contributed by atoms with E-state index in [0.717, 1.165) is 37.5 Å². The molecule has 1 fully saturated rings. The van der Waals surface area contributed by atoms with E-state index in [0.29, 0.717) is 5.56 Å². The highest BCUT2D eigenvalue weighted by atomic mass is 35.5. The van der Waals surface area contributed by atoms with E-state index in [2.05, 4.69) is 20.3 Å². The molecule has 1 saturated heterocycles. The van der Waals surface area contributed by atoms with E-state index in [1.165, 1.54) is 11.6 Å². The maximum Gasteiger partial charge on any atom is 0.387 e. The maximum absolute atomic E-state index is 12.6. The number of carbonyl (C=O) groups is 1. The van der Waals surface area contributed by atoms with Crippen molar-refractivity contribution < 1.29 is 18.3 Å². The Kier molecular flexibility index (Phi) is 7.28. The fourth-order valence-corrected chi connectivity index (χ4v) is 3.54. The van der Waals surface area contributed by atoms with Gasteiger partial charge < -0.3 is 15.4 Å². The number of amides is 2. The summed E-state index contributed by atoms with van der Waals surface area (Å²) >= 11 is 5.92. The third-order valence-corrected chi connectivity index (χ3v) is 5.18. The molecule has 0 spiro atoms. The number of para-hydroxylation sites is 1. The molecule has 156 valence electrons. The fraction of sp³-hybridized carbons (Fsp3) is 0.381. The first kappa shape index (κ1) is 21.3. The number of ether oxygens (including phenoxy) is 1. The predicted molar refractivity (Wildman–Crippen MR) is 110 cm³/mol. The molecular formula is C21H24ClF2N3O2. The van der Waals surface area contributed by atoms with Crippen LogP contribution in [0.3, 0.4) is 0 Å². The van der Waals surface area contributed by atoms with Gasteiger partial charge in [0.15, 0.2) is 0 Å². The zero-order chi connectivity index (χ0) is 20.8.